The van der Waals surface area contributed by atoms with Crippen LogP contribution in [-0.4, -0.2) is 21.9 Å². The molecule has 2 rings (SSSR count). The highest BCUT2D eigenvalue weighted by molar-refractivity contribution is 5.77. The molecule has 0 saturated carbocycles. The Balaban J connectivity index is 2.41. The number of nitrogens with one attached hydrogen (secondary N) is 2. The second-order valence-corrected chi connectivity index (χ2v) is 10.9. The van der Waals surface area contributed by atoms with E-state index >= 15 is 4.39 Å². The Hall–Kier alpha value is -3.27. The average Bonchev–Trinajstić information content (AvgIpc) is 2.73. The highest BCUT2D eigenvalue weighted by Crippen LogP contribution is 2.33. The van der Waals surface area contributed by atoms with Gasteiger partial charge in [-0.1, -0.05) is 41.2 Å². The minimum atomic E-state index is -0.614. The number of pyridine rings is 2. The van der Waals surface area contributed by atoms with Crippen LogP contribution < -0.4 is 10.6 Å². The lowest BCUT2D eigenvalue weighted by Gasteiger charge is -2.29. The summed E-state index contributed by atoms with van der Waals surface area (Å²) in [7, 11) is 0. The van der Waals surface area contributed by atoms with Crippen LogP contribution in [0.25, 0.3) is 5.57 Å². The van der Waals surface area contributed by atoms with Gasteiger partial charge in [-0.15, -0.1) is 0 Å². The van der Waals surface area contributed by atoms with Crippen molar-refractivity contribution in [3.05, 3.63) is 53.2 Å². The molecule has 0 radical (unpaired) electrons. The number of anilines is 2. The van der Waals surface area contributed by atoms with Gasteiger partial charge >= 0.3 is 0 Å². The van der Waals surface area contributed by atoms with E-state index in [1.807, 2.05) is 53.7 Å². The normalized spacial score (nSPS) is 13.2. The van der Waals surface area contributed by atoms with E-state index in [0.29, 0.717) is 30.0 Å². The van der Waals surface area contributed by atoms with Crippen LogP contribution in [0, 0.1) is 48.2 Å². The minimum Gasteiger partial charge on any atom is -0.353 e. The van der Waals surface area contributed by atoms with Crippen molar-refractivity contribution in [3.8, 4) is 6.07 Å². The first-order valence-electron chi connectivity index (χ1n) is 12.0. The first kappa shape index (κ1) is 28.0. The van der Waals surface area contributed by atoms with E-state index in [4.69, 9.17) is 0 Å². The fourth-order valence-electron chi connectivity index (χ4n) is 3.96. The molecule has 0 bridgehead atoms. The second kappa shape index (κ2) is 11.4. The first-order chi connectivity index (χ1) is 16.2. The van der Waals surface area contributed by atoms with Gasteiger partial charge in [0.2, 0.25) is 5.91 Å². The molecule has 2 N–H and O–H groups in total. The molecule has 1 amide bonds. The van der Waals surface area contributed by atoms with Crippen molar-refractivity contribution < 1.29 is 9.18 Å². The molecule has 0 fully saturated rings. The fourth-order valence-corrected chi connectivity index (χ4v) is 3.96. The van der Waals surface area contributed by atoms with Gasteiger partial charge in [-0.05, 0) is 61.8 Å². The second-order valence-electron chi connectivity index (χ2n) is 10.9. The summed E-state index contributed by atoms with van der Waals surface area (Å²) in [6.07, 6.45) is 2.73. The Morgan fingerprint density at radius 2 is 1.89 bits per heavy atom. The topological polar surface area (TPSA) is 90.7 Å². The lowest BCUT2D eigenvalue weighted by Crippen LogP contribution is -2.40. The van der Waals surface area contributed by atoms with Crippen molar-refractivity contribution in [1.29, 1.82) is 5.26 Å². The van der Waals surface area contributed by atoms with Gasteiger partial charge < -0.3 is 10.6 Å². The zero-order chi connectivity index (χ0) is 26.5. The summed E-state index contributed by atoms with van der Waals surface area (Å²) in [6, 6.07) is 4.82. The number of carbonyl (C=O) groups is 1. The van der Waals surface area contributed by atoms with Crippen molar-refractivity contribution in [2.75, 3.05) is 5.32 Å². The van der Waals surface area contributed by atoms with Crippen LogP contribution in [0.4, 0.5) is 15.9 Å². The molecule has 7 heteroatoms. The average molecular weight is 480 g/mol. The lowest BCUT2D eigenvalue weighted by atomic mass is 9.83. The number of halogens is 1. The van der Waals surface area contributed by atoms with Crippen LogP contribution in [0.2, 0.25) is 0 Å². The van der Waals surface area contributed by atoms with Crippen LogP contribution in [0.1, 0.15) is 76.9 Å². The summed E-state index contributed by atoms with van der Waals surface area (Å²) in [5, 5.41) is 15.8. The van der Waals surface area contributed by atoms with Crippen LogP contribution >= 0.6 is 0 Å². The van der Waals surface area contributed by atoms with E-state index < -0.39 is 5.82 Å². The molecule has 2 atom stereocenters. The summed E-state index contributed by atoms with van der Waals surface area (Å²) < 4.78 is 15.2. The molecular formula is C28H38FN5O. The van der Waals surface area contributed by atoms with Crippen molar-refractivity contribution in [2.45, 2.75) is 74.3 Å². The number of nitrogens with zero attached hydrogens (tertiary/aromatic N) is 3. The monoisotopic (exact) mass is 479 g/mol. The van der Waals surface area contributed by atoms with Crippen molar-refractivity contribution in [2.24, 2.45) is 17.3 Å². The van der Waals surface area contributed by atoms with E-state index in [-0.39, 0.29) is 40.4 Å². The number of aromatic nitrogens is 2. The third-order valence-corrected chi connectivity index (χ3v) is 5.86. The van der Waals surface area contributed by atoms with Gasteiger partial charge in [-0.3, -0.25) is 9.78 Å². The van der Waals surface area contributed by atoms with E-state index in [0.717, 1.165) is 11.3 Å². The third-order valence-electron chi connectivity index (χ3n) is 5.86. The Labute approximate surface area is 209 Å². The largest absolute Gasteiger partial charge is 0.353 e. The molecule has 0 aliphatic carbocycles. The molecule has 0 saturated heterocycles. The SMILES string of the molecule is C=C(c1nc(Nc2cnc(C)c(C)c2)c(C#N)cc1F)[C@H](CC(C)C)[C@H](C)NC(=O)CC(C)(C)C. The summed E-state index contributed by atoms with van der Waals surface area (Å²) in [5.74, 6) is -0.367. The van der Waals surface area contributed by atoms with Gasteiger partial charge in [0.05, 0.1) is 17.4 Å². The molecule has 35 heavy (non-hydrogen) atoms. The zero-order valence-corrected chi connectivity index (χ0v) is 22.2. The maximum absolute atomic E-state index is 15.2. The first-order valence-corrected chi connectivity index (χ1v) is 12.0. The number of hydrogen-bond donors (Lipinski definition) is 2. The summed E-state index contributed by atoms with van der Waals surface area (Å²) in [6.45, 7) is 20.1. The predicted molar refractivity (Wildman–Crippen MR) is 140 cm³/mol. The molecule has 2 aromatic heterocycles. The molecular weight excluding hydrogens is 441 g/mol. The molecule has 188 valence electrons. The lowest BCUT2D eigenvalue weighted by molar-refractivity contribution is -0.123. The molecule has 0 aliphatic rings. The summed E-state index contributed by atoms with van der Waals surface area (Å²) >= 11 is 0. The summed E-state index contributed by atoms with van der Waals surface area (Å²) in [5.41, 5.74) is 3.06. The highest BCUT2D eigenvalue weighted by atomic mass is 19.1. The molecule has 2 aromatic rings. The van der Waals surface area contributed by atoms with Crippen LogP contribution in [-0.2, 0) is 4.79 Å². The van der Waals surface area contributed by atoms with Gasteiger partial charge in [-0.2, -0.15) is 5.26 Å². The highest BCUT2D eigenvalue weighted by Gasteiger charge is 2.28. The van der Waals surface area contributed by atoms with Crippen LogP contribution in [0.3, 0.4) is 0 Å². The minimum absolute atomic E-state index is 0.0515. The Kier molecular flexibility index (Phi) is 9.14. The van der Waals surface area contributed by atoms with Crippen molar-refractivity contribution in [3.63, 3.8) is 0 Å². The van der Waals surface area contributed by atoms with Gasteiger partial charge in [-0.25, -0.2) is 9.37 Å². The Morgan fingerprint density at radius 3 is 2.43 bits per heavy atom. The van der Waals surface area contributed by atoms with Gasteiger partial charge in [0, 0.05) is 24.1 Å². The Morgan fingerprint density at radius 1 is 1.23 bits per heavy atom. The molecule has 0 unspecified atom stereocenters. The predicted octanol–water partition coefficient (Wildman–Crippen LogP) is 6.46. The van der Waals surface area contributed by atoms with Crippen LogP contribution in [0.15, 0.2) is 24.9 Å². The molecule has 0 aliphatic heterocycles. The van der Waals surface area contributed by atoms with Gasteiger partial charge in [0.25, 0.3) is 0 Å². The van der Waals surface area contributed by atoms with Crippen LogP contribution in [0.5, 0.6) is 0 Å². The molecule has 0 spiro atoms. The number of amides is 1. The molecule has 6 nitrogen and oxygen atoms in total. The Bertz CT molecular complexity index is 1130. The van der Waals surface area contributed by atoms with E-state index in [2.05, 4.69) is 41.0 Å². The van der Waals surface area contributed by atoms with E-state index in [1.165, 1.54) is 6.07 Å². The molecule has 0 aromatic carbocycles. The molecule has 2 heterocycles. The van der Waals surface area contributed by atoms with Gasteiger partial charge in [0.1, 0.15) is 17.6 Å². The van der Waals surface area contributed by atoms with Crippen molar-refractivity contribution in [1.82, 2.24) is 15.3 Å². The number of nitriles is 1. The van der Waals surface area contributed by atoms with Gasteiger partial charge in [0.15, 0.2) is 5.82 Å². The third kappa shape index (κ3) is 7.88. The van der Waals surface area contributed by atoms with E-state index in [9.17, 15) is 10.1 Å². The zero-order valence-electron chi connectivity index (χ0n) is 22.2. The smallest absolute Gasteiger partial charge is 0.220 e. The quantitative estimate of drug-likeness (QED) is 0.430. The number of carbonyl (C=O) groups excluding carboxylic acids is 1. The maximum atomic E-state index is 15.2. The number of hydrogen-bond acceptors (Lipinski definition) is 5. The number of aryl methyl sites for hydroxylation is 2. The summed E-state index contributed by atoms with van der Waals surface area (Å²) in [4.78, 5) is 21.4. The van der Waals surface area contributed by atoms with E-state index in [1.54, 1.807) is 6.20 Å². The fraction of sp³-hybridized carbons (Fsp3) is 0.500. The maximum Gasteiger partial charge on any atom is 0.220 e. The van der Waals surface area contributed by atoms with Crippen molar-refractivity contribution >= 4 is 23.0 Å². The standard InChI is InChI=1S/C28H38FN5O/c1-16(2)10-23(20(6)32-25(35)13-28(7,8)9)18(4)26-24(29)12-21(14-30)27(34-26)33-22-11-17(3)19(5)31-15-22/h11-12,15-16,20,23H,4,10,13H2,1-3,5-9H3,(H,32,35)(H,33,34)/t20-,23-/m0/s1. The number of rotatable bonds is 9.